The molecule has 110 valence electrons. The lowest BCUT2D eigenvalue weighted by Crippen LogP contribution is -2.54. The summed E-state index contributed by atoms with van der Waals surface area (Å²) >= 11 is 0. The number of aryl methyl sites for hydroxylation is 2. The SMILES string of the molecule is CNC(=O)C1COCCN1CC(=O)c1cc(C)[nH]c1C. The van der Waals surface area contributed by atoms with Gasteiger partial charge in [0, 0.05) is 30.5 Å². The number of ether oxygens (including phenoxy) is 1. The van der Waals surface area contributed by atoms with Crippen LogP contribution >= 0.6 is 0 Å². The normalized spacial score (nSPS) is 19.9. The molecular weight excluding hydrogens is 258 g/mol. The number of aromatic nitrogens is 1. The minimum absolute atomic E-state index is 0.0302. The van der Waals surface area contributed by atoms with E-state index in [0.717, 1.165) is 11.4 Å². The first-order chi connectivity index (χ1) is 9.52. The summed E-state index contributed by atoms with van der Waals surface area (Å²) < 4.78 is 5.33. The van der Waals surface area contributed by atoms with E-state index in [0.29, 0.717) is 25.3 Å². The molecule has 1 aromatic heterocycles. The second-order valence-electron chi connectivity index (χ2n) is 5.09. The van der Waals surface area contributed by atoms with Gasteiger partial charge in [-0.25, -0.2) is 0 Å². The van der Waals surface area contributed by atoms with Gasteiger partial charge in [0.05, 0.1) is 19.8 Å². The number of aromatic amines is 1. The summed E-state index contributed by atoms with van der Waals surface area (Å²) in [4.78, 5) is 29.2. The maximum Gasteiger partial charge on any atom is 0.239 e. The van der Waals surface area contributed by atoms with Crippen molar-refractivity contribution in [3.63, 3.8) is 0 Å². The van der Waals surface area contributed by atoms with E-state index < -0.39 is 6.04 Å². The summed E-state index contributed by atoms with van der Waals surface area (Å²) in [6.07, 6.45) is 0. The Morgan fingerprint density at radius 3 is 2.85 bits per heavy atom. The maximum atomic E-state index is 12.4. The number of hydrogen-bond acceptors (Lipinski definition) is 4. The number of hydrogen-bond donors (Lipinski definition) is 2. The van der Waals surface area contributed by atoms with Crippen LogP contribution in [0.1, 0.15) is 21.7 Å². The van der Waals surface area contributed by atoms with Gasteiger partial charge < -0.3 is 15.0 Å². The lowest BCUT2D eigenvalue weighted by molar-refractivity contribution is -0.131. The van der Waals surface area contributed by atoms with Crippen molar-refractivity contribution in [3.05, 3.63) is 23.0 Å². The van der Waals surface area contributed by atoms with Crippen LogP contribution in [0, 0.1) is 13.8 Å². The number of likely N-dealkylation sites (N-methyl/N-ethyl adjacent to an activating group) is 1. The van der Waals surface area contributed by atoms with Crippen molar-refractivity contribution < 1.29 is 14.3 Å². The number of carbonyl (C=O) groups excluding carboxylic acids is 2. The molecule has 1 atom stereocenters. The van der Waals surface area contributed by atoms with Crippen molar-refractivity contribution >= 4 is 11.7 Å². The van der Waals surface area contributed by atoms with E-state index in [1.54, 1.807) is 7.05 Å². The molecule has 6 nitrogen and oxygen atoms in total. The average Bonchev–Trinajstić information content (AvgIpc) is 2.77. The first-order valence-corrected chi connectivity index (χ1v) is 6.75. The summed E-state index contributed by atoms with van der Waals surface area (Å²) in [5.74, 6) is -0.0814. The zero-order valence-electron chi connectivity index (χ0n) is 12.2. The molecule has 1 aliphatic heterocycles. The lowest BCUT2D eigenvalue weighted by atomic mass is 10.1. The van der Waals surface area contributed by atoms with Crippen molar-refractivity contribution in [2.75, 3.05) is 33.4 Å². The summed E-state index contributed by atoms with van der Waals surface area (Å²) in [5.41, 5.74) is 2.54. The Morgan fingerprint density at radius 1 is 1.50 bits per heavy atom. The average molecular weight is 279 g/mol. The van der Waals surface area contributed by atoms with E-state index in [2.05, 4.69) is 10.3 Å². The molecule has 0 saturated carbocycles. The minimum Gasteiger partial charge on any atom is -0.378 e. The molecule has 1 unspecified atom stereocenters. The Morgan fingerprint density at radius 2 is 2.25 bits per heavy atom. The molecule has 0 aromatic carbocycles. The molecule has 1 aliphatic rings. The number of carbonyl (C=O) groups is 2. The second kappa shape index (κ2) is 6.19. The lowest BCUT2D eigenvalue weighted by Gasteiger charge is -2.33. The predicted octanol–water partition coefficient (Wildman–Crippen LogP) is 0.261. The van der Waals surface area contributed by atoms with Gasteiger partial charge in [0.2, 0.25) is 5.91 Å². The maximum absolute atomic E-state index is 12.4. The van der Waals surface area contributed by atoms with Crippen LogP contribution in [-0.4, -0.2) is 61.0 Å². The van der Waals surface area contributed by atoms with Crippen LogP contribution < -0.4 is 5.32 Å². The number of ketones is 1. The number of Topliss-reactive ketones (excluding diaryl/α,β-unsaturated/α-hetero) is 1. The molecule has 1 aromatic rings. The number of amides is 1. The number of nitrogens with one attached hydrogen (secondary N) is 2. The van der Waals surface area contributed by atoms with Gasteiger partial charge in [-0.3, -0.25) is 14.5 Å². The van der Waals surface area contributed by atoms with E-state index in [-0.39, 0.29) is 18.2 Å². The van der Waals surface area contributed by atoms with Gasteiger partial charge in [0.25, 0.3) is 0 Å². The van der Waals surface area contributed by atoms with Crippen LogP contribution in [-0.2, 0) is 9.53 Å². The summed E-state index contributed by atoms with van der Waals surface area (Å²) in [6, 6.07) is 1.46. The third kappa shape index (κ3) is 3.08. The van der Waals surface area contributed by atoms with Crippen LogP contribution in [0.3, 0.4) is 0 Å². The highest BCUT2D eigenvalue weighted by Gasteiger charge is 2.30. The topological polar surface area (TPSA) is 74.4 Å². The van der Waals surface area contributed by atoms with Crippen LogP contribution in [0.5, 0.6) is 0 Å². The van der Waals surface area contributed by atoms with Gasteiger partial charge >= 0.3 is 0 Å². The van der Waals surface area contributed by atoms with Gasteiger partial charge in [0.1, 0.15) is 6.04 Å². The van der Waals surface area contributed by atoms with E-state index in [9.17, 15) is 9.59 Å². The quantitative estimate of drug-likeness (QED) is 0.775. The highest BCUT2D eigenvalue weighted by atomic mass is 16.5. The van der Waals surface area contributed by atoms with Gasteiger partial charge in [-0.2, -0.15) is 0 Å². The highest BCUT2D eigenvalue weighted by molar-refractivity contribution is 5.99. The summed E-state index contributed by atoms with van der Waals surface area (Å²) in [6.45, 7) is 5.51. The molecule has 6 heteroatoms. The first kappa shape index (κ1) is 14.7. The number of morpholine rings is 1. The van der Waals surface area contributed by atoms with E-state index in [1.165, 1.54) is 0 Å². The molecule has 2 heterocycles. The number of H-pyrrole nitrogens is 1. The van der Waals surface area contributed by atoms with Crippen molar-refractivity contribution in [2.45, 2.75) is 19.9 Å². The zero-order chi connectivity index (χ0) is 14.7. The van der Waals surface area contributed by atoms with Gasteiger partial charge in [0.15, 0.2) is 5.78 Å². The van der Waals surface area contributed by atoms with Crippen LogP contribution in [0.2, 0.25) is 0 Å². The fraction of sp³-hybridized carbons (Fsp3) is 0.571. The Bertz CT molecular complexity index is 510. The molecule has 1 amide bonds. The van der Waals surface area contributed by atoms with E-state index >= 15 is 0 Å². The first-order valence-electron chi connectivity index (χ1n) is 6.75. The van der Waals surface area contributed by atoms with Crippen LogP contribution in [0.25, 0.3) is 0 Å². The van der Waals surface area contributed by atoms with Crippen LogP contribution in [0.15, 0.2) is 6.07 Å². The number of nitrogens with zero attached hydrogens (tertiary/aromatic N) is 1. The second-order valence-corrected chi connectivity index (χ2v) is 5.09. The molecule has 0 radical (unpaired) electrons. The third-order valence-electron chi connectivity index (χ3n) is 3.59. The summed E-state index contributed by atoms with van der Waals surface area (Å²) in [7, 11) is 1.59. The minimum atomic E-state index is -0.391. The molecule has 0 aliphatic carbocycles. The largest absolute Gasteiger partial charge is 0.378 e. The molecule has 1 saturated heterocycles. The Kier molecular flexibility index (Phi) is 4.57. The van der Waals surface area contributed by atoms with E-state index in [4.69, 9.17) is 4.74 Å². The van der Waals surface area contributed by atoms with Gasteiger partial charge in [-0.1, -0.05) is 0 Å². The fourth-order valence-electron chi connectivity index (χ4n) is 2.52. The molecule has 2 N–H and O–H groups in total. The monoisotopic (exact) mass is 279 g/mol. The Labute approximate surface area is 118 Å². The molecule has 2 rings (SSSR count). The standard InChI is InChI=1S/C14H21N3O3/c1-9-6-11(10(2)16-9)13(18)7-17-4-5-20-8-12(17)14(19)15-3/h6,12,16H,4-5,7-8H2,1-3H3,(H,15,19). The van der Waals surface area contributed by atoms with Crippen molar-refractivity contribution in [2.24, 2.45) is 0 Å². The highest BCUT2D eigenvalue weighted by Crippen LogP contribution is 2.13. The van der Waals surface area contributed by atoms with Crippen molar-refractivity contribution in [1.29, 1.82) is 0 Å². The number of rotatable bonds is 4. The molecule has 1 fully saturated rings. The van der Waals surface area contributed by atoms with E-state index in [1.807, 2.05) is 24.8 Å². The molecule has 20 heavy (non-hydrogen) atoms. The fourth-order valence-corrected chi connectivity index (χ4v) is 2.52. The Balaban J connectivity index is 2.08. The van der Waals surface area contributed by atoms with Gasteiger partial charge in [-0.05, 0) is 19.9 Å². The predicted molar refractivity (Wildman–Crippen MR) is 74.8 cm³/mol. The van der Waals surface area contributed by atoms with Crippen molar-refractivity contribution in [1.82, 2.24) is 15.2 Å². The molecular formula is C14H21N3O3. The third-order valence-corrected chi connectivity index (χ3v) is 3.59. The smallest absolute Gasteiger partial charge is 0.239 e. The van der Waals surface area contributed by atoms with Gasteiger partial charge in [-0.15, -0.1) is 0 Å². The Hall–Kier alpha value is -1.66. The zero-order valence-corrected chi connectivity index (χ0v) is 12.2. The molecule has 0 bridgehead atoms. The van der Waals surface area contributed by atoms with Crippen LogP contribution in [0.4, 0.5) is 0 Å². The summed E-state index contributed by atoms with van der Waals surface area (Å²) in [5, 5.41) is 2.62. The molecule has 0 spiro atoms. The van der Waals surface area contributed by atoms with Crippen molar-refractivity contribution in [3.8, 4) is 0 Å².